The molecule has 12 heavy (non-hydrogen) atoms. The van der Waals surface area contributed by atoms with Crippen LogP contribution in [0.5, 0.6) is 0 Å². The molecule has 4 heteroatoms. The Morgan fingerprint density at radius 3 is 1.92 bits per heavy atom. The van der Waals surface area contributed by atoms with Crippen molar-refractivity contribution in [2.75, 3.05) is 5.73 Å². The highest BCUT2D eigenvalue weighted by Crippen LogP contribution is 2.06. The minimum Gasteiger partial charge on any atom is -0.399 e. The Bertz CT molecular complexity index is 235. The summed E-state index contributed by atoms with van der Waals surface area (Å²) in [6.45, 7) is 2.00. The first-order valence-electron chi connectivity index (χ1n) is 3.40. The quantitative estimate of drug-likeness (QED) is 0.410. The number of rotatable bonds is 0. The van der Waals surface area contributed by atoms with Crippen molar-refractivity contribution in [1.29, 1.82) is 0 Å². The van der Waals surface area contributed by atoms with Gasteiger partial charge < -0.3 is 17.2 Å². The van der Waals surface area contributed by atoms with Gasteiger partial charge in [0, 0.05) is 5.69 Å². The SMILES string of the molecule is Cc1ccccc1N.NC(N)=S. The van der Waals surface area contributed by atoms with Crippen LogP contribution in [0.25, 0.3) is 0 Å². The zero-order valence-electron chi connectivity index (χ0n) is 6.95. The van der Waals surface area contributed by atoms with Gasteiger partial charge in [0.2, 0.25) is 0 Å². The molecule has 1 aromatic rings. The number of thiocarbonyl (C=S) groups is 1. The fourth-order valence-corrected chi connectivity index (χ4v) is 0.587. The van der Waals surface area contributed by atoms with Crippen LogP contribution in [0.1, 0.15) is 5.56 Å². The third-order valence-electron chi connectivity index (χ3n) is 1.19. The summed E-state index contributed by atoms with van der Waals surface area (Å²) in [4.78, 5) is 0. The third kappa shape index (κ3) is 5.49. The van der Waals surface area contributed by atoms with Gasteiger partial charge in [-0.15, -0.1) is 0 Å². The molecule has 0 aliphatic heterocycles. The summed E-state index contributed by atoms with van der Waals surface area (Å²) in [5.74, 6) is 0. The molecule has 0 aliphatic rings. The Kier molecular flexibility index (Phi) is 4.79. The molecule has 0 spiro atoms. The van der Waals surface area contributed by atoms with E-state index in [4.69, 9.17) is 5.73 Å². The van der Waals surface area contributed by atoms with E-state index >= 15 is 0 Å². The molecule has 3 nitrogen and oxygen atoms in total. The largest absolute Gasteiger partial charge is 0.399 e. The number of anilines is 1. The van der Waals surface area contributed by atoms with Crippen LogP contribution in [0.15, 0.2) is 24.3 Å². The maximum Gasteiger partial charge on any atom is 0.160 e. The van der Waals surface area contributed by atoms with E-state index < -0.39 is 0 Å². The van der Waals surface area contributed by atoms with Crippen molar-refractivity contribution < 1.29 is 0 Å². The van der Waals surface area contributed by atoms with Crippen LogP contribution >= 0.6 is 12.2 Å². The van der Waals surface area contributed by atoms with E-state index in [1.54, 1.807) is 0 Å². The van der Waals surface area contributed by atoms with Crippen LogP contribution in [0.4, 0.5) is 5.69 Å². The lowest BCUT2D eigenvalue weighted by atomic mass is 10.2. The molecule has 6 N–H and O–H groups in total. The highest BCUT2D eigenvalue weighted by molar-refractivity contribution is 7.80. The minimum absolute atomic E-state index is 0.000000000000000222. The van der Waals surface area contributed by atoms with Crippen LogP contribution in [0, 0.1) is 6.92 Å². The first-order chi connectivity index (χ1) is 5.54. The number of aryl methyl sites for hydroxylation is 1. The fourth-order valence-electron chi connectivity index (χ4n) is 0.587. The number of nitrogen functional groups attached to an aromatic ring is 1. The second-order valence-electron chi connectivity index (χ2n) is 2.26. The van der Waals surface area contributed by atoms with E-state index in [9.17, 15) is 0 Å². The van der Waals surface area contributed by atoms with Crippen LogP contribution in [-0.4, -0.2) is 5.11 Å². The van der Waals surface area contributed by atoms with Gasteiger partial charge in [0.25, 0.3) is 0 Å². The van der Waals surface area contributed by atoms with Gasteiger partial charge in [-0.2, -0.15) is 0 Å². The smallest absolute Gasteiger partial charge is 0.160 e. The molecular formula is C8H13N3S. The van der Waals surface area contributed by atoms with Crippen molar-refractivity contribution in [2.45, 2.75) is 6.92 Å². The number of hydrogen-bond acceptors (Lipinski definition) is 2. The molecule has 0 aliphatic carbocycles. The van der Waals surface area contributed by atoms with E-state index in [1.807, 2.05) is 31.2 Å². The molecule has 0 atom stereocenters. The third-order valence-corrected chi connectivity index (χ3v) is 1.19. The predicted molar refractivity (Wildman–Crippen MR) is 56.6 cm³/mol. The van der Waals surface area contributed by atoms with Crippen LogP contribution in [0.3, 0.4) is 0 Å². The molecule has 66 valence electrons. The van der Waals surface area contributed by atoms with Crippen molar-refractivity contribution in [3.05, 3.63) is 29.8 Å². The van der Waals surface area contributed by atoms with E-state index in [0.717, 1.165) is 11.3 Å². The Morgan fingerprint density at radius 1 is 1.25 bits per heavy atom. The van der Waals surface area contributed by atoms with E-state index in [2.05, 4.69) is 23.7 Å². The molecule has 0 heterocycles. The van der Waals surface area contributed by atoms with Gasteiger partial charge in [0.15, 0.2) is 5.11 Å². The maximum absolute atomic E-state index is 5.52. The van der Waals surface area contributed by atoms with Crippen LogP contribution in [-0.2, 0) is 0 Å². The Balaban J connectivity index is 0.000000261. The maximum atomic E-state index is 5.52. The molecule has 0 radical (unpaired) electrons. The summed E-state index contributed by atoms with van der Waals surface area (Å²) in [7, 11) is 0. The van der Waals surface area contributed by atoms with Crippen molar-refractivity contribution >= 4 is 23.0 Å². The number of hydrogen-bond donors (Lipinski definition) is 3. The number of nitrogens with two attached hydrogens (primary N) is 3. The number of benzene rings is 1. The van der Waals surface area contributed by atoms with Gasteiger partial charge in [-0.05, 0) is 30.8 Å². The highest BCUT2D eigenvalue weighted by atomic mass is 32.1. The predicted octanol–water partition coefficient (Wildman–Crippen LogP) is 0.766. The number of para-hydroxylation sites is 1. The average Bonchev–Trinajstić information content (AvgIpc) is 1.94. The van der Waals surface area contributed by atoms with Crippen molar-refractivity contribution in [3.8, 4) is 0 Å². The first kappa shape index (κ1) is 10.7. The Morgan fingerprint density at radius 2 is 1.67 bits per heavy atom. The summed E-state index contributed by atoms with van der Waals surface area (Å²) in [5, 5.41) is 0.000000000000000222. The summed E-state index contributed by atoms with van der Waals surface area (Å²) in [6, 6.07) is 7.80. The van der Waals surface area contributed by atoms with E-state index in [-0.39, 0.29) is 5.11 Å². The highest BCUT2D eigenvalue weighted by Gasteiger charge is 1.84. The molecular weight excluding hydrogens is 170 g/mol. The van der Waals surface area contributed by atoms with Gasteiger partial charge in [-0.1, -0.05) is 18.2 Å². The van der Waals surface area contributed by atoms with E-state index in [1.165, 1.54) is 0 Å². The van der Waals surface area contributed by atoms with Gasteiger partial charge in [-0.3, -0.25) is 0 Å². The zero-order valence-corrected chi connectivity index (χ0v) is 7.77. The van der Waals surface area contributed by atoms with Crippen molar-refractivity contribution in [3.63, 3.8) is 0 Å². The molecule has 0 fully saturated rings. The molecule has 0 bridgehead atoms. The average molecular weight is 183 g/mol. The Labute approximate surface area is 77.5 Å². The molecule has 0 aromatic heterocycles. The lowest BCUT2D eigenvalue weighted by Crippen LogP contribution is -2.18. The first-order valence-corrected chi connectivity index (χ1v) is 3.81. The van der Waals surface area contributed by atoms with Gasteiger partial charge >= 0.3 is 0 Å². The molecule has 1 rings (SSSR count). The standard InChI is InChI=1S/C7H9N.CH4N2S/c1-6-4-2-3-5-7(6)8;2-1(3)4/h2-5H,8H2,1H3;(H4,2,3,4). The topological polar surface area (TPSA) is 78.1 Å². The summed E-state index contributed by atoms with van der Waals surface area (Å²) in [5.41, 5.74) is 16.8. The molecule has 0 unspecified atom stereocenters. The van der Waals surface area contributed by atoms with Gasteiger partial charge in [0.05, 0.1) is 0 Å². The lowest BCUT2D eigenvalue weighted by Gasteiger charge is -1.93. The zero-order chi connectivity index (χ0) is 9.56. The fraction of sp³-hybridized carbons (Fsp3) is 0.125. The van der Waals surface area contributed by atoms with Gasteiger partial charge in [-0.25, -0.2) is 0 Å². The van der Waals surface area contributed by atoms with Crippen molar-refractivity contribution in [1.82, 2.24) is 0 Å². The summed E-state index contributed by atoms with van der Waals surface area (Å²) in [6.07, 6.45) is 0. The lowest BCUT2D eigenvalue weighted by molar-refractivity contribution is 1.47. The minimum atomic E-state index is 0.000000000000000222. The van der Waals surface area contributed by atoms with E-state index in [0.29, 0.717) is 0 Å². The normalized spacial score (nSPS) is 8.08. The summed E-state index contributed by atoms with van der Waals surface area (Å²) >= 11 is 4.09. The summed E-state index contributed by atoms with van der Waals surface area (Å²) < 4.78 is 0. The van der Waals surface area contributed by atoms with Crippen molar-refractivity contribution in [2.24, 2.45) is 11.5 Å². The molecule has 1 aromatic carbocycles. The second-order valence-corrected chi connectivity index (χ2v) is 2.73. The molecule has 0 amide bonds. The monoisotopic (exact) mass is 183 g/mol. The van der Waals surface area contributed by atoms with Crippen LogP contribution < -0.4 is 17.2 Å². The second kappa shape index (κ2) is 5.37. The Hall–Kier alpha value is -1.29. The molecule has 0 saturated carbocycles. The van der Waals surface area contributed by atoms with Gasteiger partial charge in [0.1, 0.15) is 0 Å². The molecule has 0 saturated heterocycles. The van der Waals surface area contributed by atoms with Crippen LogP contribution in [0.2, 0.25) is 0 Å².